The molecule has 4 rings (SSSR count). The van der Waals surface area contributed by atoms with E-state index in [0.717, 1.165) is 25.4 Å². The molecule has 5 heteroatoms. The van der Waals surface area contributed by atoms with Gasteiger partial charge in [-0.05, 0) is 44.7 Å². The summed E-state index contributed by atoms with van der Waals surface area (Å²) in [6.07, 6.45) is 15.6. The van der Waals surface area contributed by atoms with Gasteiger partial charge in [0.15, 0.2) is 0 Å². The maximum Gasteiger partial charge on any atom is 0.271 e. The molecule has 1 N–H and O–H groups in total. The number of carbonyl (C=O) groups excluding carboxylic acids is 1. The zero-order valence-electron chi connectivity index (χ0n) is 15.4. The molecule has 1 spiro atoms. The zero-order chi connectivity index (χ0) is 17.1. The number of rotatable bonds is 4. The predicted molar refractivity (Wildman–Crippen MR) is 98.4 cm³/mol. The van der Waals surface area contributed by atoms with Crippen molar-refractivity contribution in [2.75, 3.05) is 32.7 Å². The summed E-state index contributed by atoms with van der Waals surface area (Å²) in [6, 6.07) is 0. The first-order chi connectivity index (χ1) is 12.2. The van der Waals surface area contributed by atoms with Crippen molar-refractivity contribution in [3.05, 3.63) is 18.2 Å². The van der Waals surface area contributed by atoms with Crippen LogP contribution >= 0.6 is 0 Å². The highest BCUT2D eigenvalue weighted by Gasteiger charge is 2.43. The Morgan fingerprint density at radius 2 is 2.04 bits per heavy atom. The van der Waals surface area contributed by atoms with Crippen molar-refractivity contribution < 1.29 is 4.79 Å². The summed E-state index contributed by atoms with van der Waals surface area (Å²) in [7, 11) is 0. The van der Waals surface area contributed by atoms with E-state index in [0.29, 0.717) is 11.1 Å². The minimum Gasteiger partial charge on any atom is -0.341 e. The van der Waals surface area contributed by atoms with Crippen LogP contribution in [0.25, 0.3) is 0 Å². The maximum absolute atomic E-state index is 12.6. The van der Waals surface area contributed by atoms with Crippen molar-refractivity contribution in [2.45, 2.75) is 57.8 Å². The zero-order valence-corrected chi connectivity index (χ0v) is 15.4. The third kappa shape index (κ3) is 3.91. The Kier molecular flexibility index (Phi) is 5.11. The van der Waals surface area contributed by atoms with Crippen molar-refractivity contribution in [1.82, 2.24) is 19.8 Å². The molecule has 2 saturated heterocycles. The van der Waals surface area contributed by atoms with E-state index in [1.807, 2.05) is 4.90 Å². The molecule has 3 fully saturated rings. The third-order valence-corrected chi connectivity index (χ3v) is 6.77. The first kappa shape index (κ1) is 17.1. The Labute approximate surface area is 151 Å². The van der Waals surface area contributed by atoms with Crippen LogP contribution in [0.15, 0.2) is 12.5 Å². The first-order valence-electron chi connectivity index (χ1n) is 10.2. The van der Waals surface area contributed by atoms with Gasteiger partial charge in [-0.2, -0.15) is 0 Å². The summed E-state index contributed by atoms with van der Waals surface area (Å²) in [4.78, 5) is 24.3. The molecular weight excluding hydrogens is 312 g/mol. The van der Waals surface area contributed by atoms with Crippen LogP contribution in [-0.2, 0) is 0 Å². The van der Waals surface area contributed by atoms with E-state index in [2.05, 4.69) is 14.9 Å². The van der Waals surface area contributed by atoms with Gasteiger partial charge in [-0.3, -0.25) is 4.79 Å². The van der Waals surface area contributed by atoms with Crippen LogP contribution in [0, 0.1) is 11.3 Å². The average Bonchev–Trinajstić information content (AvgIpc) is 3.31. The lowest BCUT2D eigenvalue weighted by atomic mass is 9.79. The lowest BCUT2D eigenvalue weighted by Crippen LogP contribution is -2.45. The molecule has 3 heterocycles. The molecule has 25 heavy (non-hydrogen) atoms. The van der Waals surface area contributed by atoms with Gasteiger partial charge >= 0.3 is 0 Å². The second-order valence-electron chi connectivity index (χ2n) is 8.61. The molecule has 5 nitrogen and oxygen atoms in total. The lowest BCUT2D eigenvalue weighted by molar-refractivity contribution is 0.0670. The fourth-order valence-electron chi connectivity index (χ4n) is 5.33. The van der Waals surface area contributed by atoms with Crippen molar-refractivity contribution in [3.8, 4) is 0 Å². The van der Waals surface area contributed by atoms with Crippen molar-refractivity contribution in [3.63, 3.8) is 0 Å². The molecule has 1 saturated carbocycles. The fourth-order valence-corrected chi connectivity index (χ4v) is 5.33. The van der Waals surface area contributed by atoms with Gasteiger partial charge in [0.2, 0.25) is 0 Å². The van der Waals surface area contributed by atoms with Gasteiger partial charge in [-0.1, -0.05) is 32.1 Å². The van der Waals surface area contributed by atoms with Crippen LogP contribution in [0.1, 0.15) is 68.3 Å². The van der Waals surface area contributed by atoms with Crippen LogP contribution in [0.4, 0.5) is 0 Å². The molecule has 1 aliphatic carbocycles. The minimum absolute atomic E-state index is 0.119. The van der Waals surface area contributed by atoms with Crippen molar-refractivity contribution in [1.29, 1.82) is 0 Å². The quantitative estimate of drug-likeness (QED) is 0.912. The second-order valence-corrected chi connectivity index (χ2v) is 8.61. The van der Waals surface area contributed by atoms with E-state index in [9.17, 15) is 4.79 Å². The Morgan fingerprint density at radius 3 is 2.84 bits per heavy atom. The number of carbonyl (C=O) groups is 1. The Balaban J connectivity index is 1.30. The highest BCUT2D eigenvalue weighted by Crippen LogP contribution is 2.39. The summed E-state index contributed by atoms with van der Waals surface area (Å²) < 4.78 is 0. The number of piperidine rings is 1. The average molecular weight is 345 g/mol. The normalized spacial score (nSPS) is 28.7. The highest BCUT2D eigenvalue weighted by molar-refractivity contribution is 5.92. The number of hydrogen-bond acceptors (Lipinski definition) is 3. The smallest absolute Gasteiger partial charge is 0.271 e. The number of aromatic nitrogens is 2. The minimum atomic E-state index is 0.119. The second kappa shape index (κ2) is 7.48. The highest BCUT2D eigenvalue weighted by atomic mass is 16.2. The molecule has 3 aliphatic rings. The van der Waals surface area contributed by atoms with Gasteiger partial charge < -0.3 is 14.8 Å². The Hall–Kier alpha value is -1.36. The van der Waals surface area contributed by atoms with E-state index in [-0.39, 0.29) is 5.91 Å². The summed E-state index contributed by atoms with van der Waals surface area (Å²) in [5, 5.41) is 0. The van der Waals surface area contributed by atoms with Crippen molar-refractivity contribution >= 4 is 5.91 Å². The summed E-state index contributed by atoms with van der Waals surface area (Å²) in [5.74, 6) is 1.09. The third-order valence-electron chi connectivity index (χ3n) is 6.77. The SMILES string of the molecule is O=C(c1cnc[nH]1)N1CC[C@]2(CCCN(CCC3CCCCC3)C2)C1. The predicted octanol–water partition coefficient (Wildman–Crippen LogP) is 3.31. The van der Waals surface area contributed by atoms with E-state index >= 15 is 0 Å². The molecule has 138 valence electrons. The number of hydrogen-bond donors (Lipinski definition) is 1. The Morgan fingerprint density at radius 1 is 1.16 bits per heavy atom. The Bertz CT molecular complexity index is 566. The van der Waals surface area contributed by atoms with Gasteiger partial charge in [-0.25, -0.2) is 4.98 Å². The van der Waals surface area contributed by atoms with E-state index in [1.165, 1.54) is 71.0 Å². The number of nitrogens with zero attached hydrogens (tertiary/aromatic N) is 3. The monoisotopic (exact) mass is 344 g/mol. The molecule has 1 amide bonds. The van der Waals surface area contributed by atoms with Gasteiger partial charge in [-0.15, -0.1) is 0 Å². The summed E-state index contributed by atoms with van der Waals surface area (Å²) >= 11 is 0. The lowest BCUT2D eigenvalue weighted by Gasteiger charge is -2.41. The van der Waals surface area contributed by atoms with Crippen LogP contribution in [0.5, 0.6) is 0 Å². The van der Waals surface area contributed by atoms with Crippen LogP contribution in [-0.4, -0.2) is 58.4 Å². The number of likely N-dealkylation sites (tertiary alicyclic amines) is 2. The van der Waals surface area contributed by atoms with Crippen LogP contribution in [0.2, 0.25) is 0 Å². The molecule has 2 aliphatic heterocycles. The summed E-state index contributed by atoms with van der Waals surface area (Å²) in [5.41, 5.74) is 0.961. The standard InChI is InChI=1S/C20H32N4O/c25-19(18-13-21-16-22-18)24-12-9-20(15-24)8-4-10-23(14-20)11-7-17-5-2-1-3-6-17/h13,16-17H,1-12,14-15H2,(H,21,22)/t20-/m0/s1. The molecule has 0 bridgehead atoms. The van der Waals surface area contributed by atoms with Crippen LogP contribution < -0.4 is 0 Å². The summed E-state index contributed by atoms with van der Waals surface area (Å²) in [6.45, 7) is 5.52. The number of aromatic amines is 1. The van der Waals surface area contributed by atoms with E-state index in [1.54, 1.807) is 12.5 Å². The largest absolute Gasteiger partial charge is 0.341 e. The van der Waals surface area contributed by atoms with E-state index in [4.69, 9.17) is 0 Å². The van der Waals surface area contributed by atoms with Gasteiger partial charge in [0.25, 0.3) is 5.91 Å². The van der Waals surface area contributed by atoms with Crippen LogP contribution in [0.3, 0.4) is 0 Å². The number of amides is 1. The maximum atomic E-state index is 12.6. The topological polar surface area (TPSA) is 52.2 Å². The number of nitrogens with one attached hydrogen (secondary N) is 1. The number of imidazole rings is 1. The van der Waals surface area contributed by atoms with Crippen molar-refractivity contribution in [2.24, 2.45) is 11.3 Å². The molecular formula is C20H32N4O. The fraction of sp³-hybridized carbons (Fsp3) is 0.800. The molecule has 0 radical (unpaired) electrons. The molecule has 1 aromatic heterocycles. The molecule has 1 aromatic rings. The van der Waals surface area contributed by atoms with E-state index < -0.39 is 0 Å². The number of H-pyrrole nitrogens is 1. The molecule has 0 unspecified atom stereocenters. The molecule has 1 atom stereocenters. The first-order valence-corrected chi connectivity index (χ1v) is 10.2. The molecule has 0 aromatic carbocycles. The van der Waals surface area contributed by atoms with Gasteiger partial charge in [0.1, 0.15) is 5.69 Å². The van der Waals surface area contributed by atoms with Gasteiger partial charge in [0, 0.05) is 25.0 Å². The van der Waals surface area contributed by atoms with Gasteiger partial charge in [0.05, 0.1) is 12.5 Å².